The Labute approximate surface area is 685 Å². The molecule has 0 bridgehead atoms. The molecule has 4 saturated carbocycles. The van der Waals surface area contributed by atoms with Gasteiger partial charge in [0.25, 0.3) is 43.2 Å². The van der Waals surface area contributed by atoms with Gasteiger partial charge < -0.3 is 62.2 Å². The van der Waals surface area contributed by atoms with Crippen LogP contribution in [0.3, 0.4) is 0 Å². The zero-order valence-corrected chi connectivity index (χ0v) is 68.3. The highest BCUT2D eigenvalue weighted by Gasteiger charge is 2.63. The SMILES string of the molecule is C=C[C@@H]1C[C@@]12NC(=O)[C@@H]1C[C@@H](NS(=O)(=O)c3ccccc3[N+](=O)[O-])CN1C(=O)[C@@H](NC(=O)OC1CCCC1)CCCCCCCNc1ccccc1S(=O)(=O)NC2=O.C=C[C@@H]1C[C@]1(NC(=O)[C@@H]1C[C@@H](NS(=O)(=O)c2ccccc2[N+](=O)[O-])CN1)C(=O)NS(=O)(=O)c1ccccc1NCCCCCCC[C@H](NC(=O)OC1CCCC1)C(=C)O.O. The molecule has 1 spiro atoms. The molecule has 4 aromatic rings. The lowest BCUT2D eigenvalue weighted by Gasteiger charge is -2.30. The number of rotatable bonds is 29. The number of hydrogen-bond donors (Lipinski definition) is 12. The molecule has 4 aromatic carbocycles. The van der Waals surface area contributed by atoms with Gasteiger partial charge in [-0.25, -0.2) is 62.1 Å². The van der Waals surface area contributed by atoms with Gasteiger partial charge in [-0.2, -0.15) is 0 Å². The highest BCUT2D eigenvalue weighted by atomic mass is 32.2. The summed E-state index contributed by atoms with van der Waals surface area (Å²) in [4.78, 5) is 116. The predicted molar refractivity (Wildman–Crippen MR) is 432 cm³/mol. The first kappa shape index (κ1) is 91.7. The lowest BCUT2D eigenvalue weighted by atomic mass is 10.0. The van der Waals surface area contributed by atoms with Crippen LogP contribution >= 0.6 is 0 Å². The maximum absolute atomic E-state index is 14.5. The van der Waals surface area contributed by atoms with E-state index in [1.165, 1.54) is 60.7 Å². The number of aliphatic hydroxyl groups excluding tert-OH is 1. The van der Waals surface area contributed by atoms with E-state index in [2.05, 4.69) is 75.8 Å². The van der Waals surface area contributed by atoms with E-state index in [4.69, 9.17) is 9.47 Å². The number of nitro groups is 2. The van der Waals surface area contributed by atoms with Crippen LogP contribution in [0.1, 0.15) is 154 Å². The average Bonchev–Trinajstić information content (AvgIpc) is 1.58. The first-order valence-corrected chi connectivity index (χ1v) is 45.2. The smallest absolute Gasteiger partial charge is 0.408 e. The van der Waals surface area contributed by atoms with Crippen LogP contribution in [0, 0.1) is 32.1 Å². The molecule has 3 heterocycles. The van der Waals surface area contributed by atoms with Crippen LogP contribution in [-0.2, 0) is 73.5 Å². The Bertz CT molecular complexity index is 4860. The van der Waals surface area contributed by atoms with Crippen LogP contribution in [0.25, 0.3) is 0 Å². The summed E-state index contributed by atoms with van der Waals surface area (Å²) in [5, 5.41) is 53.0. The number of ether oxygens (including phenoxy) is 2. The van der Waals surface area contributed by atoms with Crippen molar-refractivity contribution >= 4 is 105 Å². The predicted octanol–water partition coefficient (Wildman–Crippen LogP) is 6.42. The van der Waals surface area contributed by atoms with Gasteiger partial charge in [0.1, 0.15) is 50.9 Å². The third-order valence-electron chi connectivity index (χ3n) is 22.0. The van der Waals surface area contributed by atoms with E-state index in [1.54, 1.807) is 24.3 Å². The molecule has 10 atom stereocenters. The van der Waals surface area contributed by atoms with Crippen LogP contribution in [0.5, 0.6) is 0 Å². The summed E-state index contributed by atoms with van der Waals surface area (Å²) < 4.78 is 128. The van der Waals surface area contributed by atoms with E-state index >= 15 is 0 Å². The number of benzene rings is 4. The van der Waals surface area contributed by atoms with Gasteiger partial charge in [0.05, 0.1) is 33.3 Å². The Morgan fingerprint density at radius 3 is 1.83 bits per heavy atom. The minimum atomic E-state index is -4.59. The highest BCUT2D eigenvalue weighted by molar-refractivity contribution is 7.91. The van der Waals surface area contributed by atoms with Gasteiger partial charge in [0.15, 0.2) is 9.79 Å². The van der Waals surface area contributed by atoms with Gasteiger partial charge in [-0.05, 0) is 139 Å². The number of nitrogens with zero attached hydrogens (tertiary/aromatic N) is 3. The maximum atomic E-state index is 14.5. The minimum Gasteiger partial charge on any atom is -0.511 e. The van der Waals surface area contributed by atoms with Crippen LogP contribution in [0.2, 0.25) is 0 Å². The van der Waals surface area contributed by atoms with Crippen LogP contribution in [0.15, 0.2) is 154 Å². The number of carbonyl (C=O) groups is 7. The summed E-state index contributed by atoms with van der Waals surface area (Å²) in [5.74, 6) is -5.64. The van der Waals surface area contributed by atoms with E-state index in [0.717, 1.165) is 106 Å². The van der Waals surface area contributed by atoms with Crippen LogP contribution in [-0.4, -0.2) is 186 Å². The van der Waals surface area contributed by atoms with E-state index in [-0.39, 0.29) is 84.1 Å². The number of sulfonamides is 4. The fourth-order valence-electron chi connectivity index (χ4n) is 15.5. The molecule has 3 aliphatic heterocycles. The molecule has 644 valence electrons. The Kier molecular flexibility index (Phi) is 31.5. The van der Waals surface area contributed by atoms with Crippen molar-refractivity contribution in [3.63, 3.8) is 0 Å². The summed E-state index contributed by atoms with van der Waals surface area (Å²) in [6.45, 7) is 11.5. The molecule has 6 fully saturated rings. The van der Waals surface area contributed by atoms with Crippen molar-refractivity contribution in [2.24, 2.45) is 11.8 Å². The van der Waals surface area contributed by atoms with Crippen molar-refractivity contribution in [3.05, 3.63) is 155 Å². The number of amides is 7. The van der Waals surface area contributed by atoms with Crippen molar-refractivity contribution in [1.82, 2.24) is 50.4 Å². The second-order valence-corrected chi connectivity index (χ2v) is 37.0. The second-order valence-electron chi connectivity index (χ2n) is 30.4. The summed E-state index contributed by atoms with van der Waals surface area (Å²) >= 11 is 0. The number of nitro benzene ring substituents is 2. The molecule has 11 rings (SSSR count). The van der Waals surface area contributed by atoms with Crippen molar-refractivity contribution < 1.29 is 97.1 Å². The summed E-state index contributed by atoms with van der Waals surface area (Å²) in [6, 6.07) is 15.7. The molecular weight excluding hydrogens is 1620 g/mol. The summed E-state index contributed by atoms with van der Waals surface area (Å²) in [6.07, 6.45) is 15.7. The average molecular weight is 1720 g/mol. The van der Waals surface area contributed by atoms with E-state index in [0.29, 0.717) is 63.7 Å². The standard InChI is InChI=1S/C39H53N7O11S2.C38H49N7O11S2.H2O/c1-3-27-24-39(27,43-36(48)32-23-28(25-41-32)44-59(55,56)35-21-13-11-19-33(35)46(51)52)37(49)45-58(53,54)34-20-12-10-18-31(34)40-22-14-6-4-5-7-17-30(26(2)47)42-38(50)57-29-15-8-9-16-29;1-2-25-23-38(25)36(48)43-57(52,53)32-19-11-9-16-28(32)39-21-13-5-3-4-6-17-29(40-37(49)56-27-14-7-8-15-27)35(47)44-24-26(22-31(44)34(46)41-38)42-58(54,55)33-20-12-10-18-30(33)45(50)51;/h3,10-13,18-21,27-30,32,40-41,44,47H,1-2,4-9,14-17,22-25H2,(H,42,50)(H,43,48)(H,45,49);2,9-12,16,18-20,25-27,29,31,39,42H,1,3-8,13-15,17,21-24H2,(H,40,49)(H,41,46)(H,43,48);1H2/t27-,28-,30+,32+,39-;25-,26-,29+,31+,38-;/m11./s1. The number of nitrogens with one attached hydrogen (secondary N) is 11. The molecule has 2 saturated heterocycles. The lowest BCUT2D eigenvalue weighted by molar-refractivity contribution is -0.388. The molecule has 0 unspecified atom stereocenters. The topological polar surface area (TPSA) is 548 Å². The Morgan fingerprint density at radius 1 is 0.669 bits per heavy atom. The molecule has 41 heteroatoms. The molecule has 37 nitrogen and oxygen atoms in total. The fourth-order valence-corrected chi connectivity index (χ4v) is 20.8. The number of carbonyl (C=O) groups excluding carboxylic acids is 7. The Balaban J connectivity index is 0.000000267. The first-order chi connectivity index (χ1) is 55.7. The maximum Gasteiger partial charge on any atom is 0.408 e. The number of anilines is 2. The van der Waals surface area contributed by atoms with Crippen molar-refractivity contribution in [2.45, 2.75) is 233 Å². The molecule has 0 aromatic heterocycles. The summed E-state index contributed by atoms with van der Waals surface area (Å²) in [7, 11) is -17.8. The van der Waals surface area contributed by atoms with Crippen LogP contribution < -0.4 is 56.1 Å². The van der Waals surface area contributed by atoms with Gasteiger partial charge in [0, 0.05) is 62.2 Å². The zero-order chi connectivity index (χ0) is 84.5. The van der Waals surface area contributed by atoms with Gasteiger partial charge in [-0.1, -0.05) is 119 Å². The Morgan fingerprint density at radius 2 is 1.22 bits per heavy atom. The van der Waals surface area contributed by atoms with E-state index in [9.17, 15) is 92.6 Å². The highest BCUT2D eigenvalue weighted by Crippen LogP contribution is 2.47. The van der Waals surface area contributed by atoms with E-state index < -0.39 is 172 Å². The van der Waals surface area contributed by atoms with Gasteiger partial charge >= 0.3 is 12.2 Å². The third-order valence-corrected chi connectivity index (χ3v) is 27.9. The van der Waals surface area contributed by atoms with Gasteiger partial charge in [-0.15, -0.1) is 13.2 Å². The van der Waals surface area contributed by atoms with Crippen molar-refractivity contribution in [1.29, 1.82) is 0 Å². The lowest BCUT2D eigenvalue weighted by Crippen LogP contribution is -2.58. The number of unbranched alkanes of at least 4 members (excludes halogenated alkanes) is 4. The second kappa shape index (κ2) is 40.5. The monoisotopic (exact) mass is 1720 g/mol. The zero-order valence-electron chi connectivity index (χ0n) is 65.1. The number of hydrogen-bond acceptors (Lipinski definition) is 25. The number of alkyl carbamates (subject to hydrolysis) is 2. The minimum absolute atomic E-state index is 0. The number of para-hydroxylation sites is 4. The molecule has 4 aliphatic carbocycles. The molecule has 14 N–H and O–H groups in total. The molecule has 7 amide bonds. The van der Waals surface area contributed by atoms with Gasteiger partial charge in [-0.3, -0.25) is 44.2 Å². The van der Waals surface area contributed by atoms with E-state index in [1.807, 2.05) is 0 Å². The van der Waals surface area contributed by atoms with Crippen molar-refractivity contribution in [3.8, 4) is 0 Å². The molecular formula is C77H104N14O23S4. The summed E-state index contributed by atoms with van der Waals surface area (Å²) in [5.41, 5.74) is -4.10. The molecule has 118 heavy (non-hydrogen) atoms. The number of fused-ring (bicyclic) bond motifs is 2. The fraction of sp³-hybridized carbons (Fsp3) is 0.519. The molecule has 7 aliphatic rings. The quantitative estimate of drug-likeness (QED) is 0.00917. The number of aliphatic hydroxyl groups is 1. The van der Waals surface area contributed by atoms with Crippen molar-refractivity contribution in [2.75, 3.05) is 36.8 Å². The third kappa shape index (κ3) is 23.4. The Hall–Kier alpha value is -10.2. The normalized spacial score (nSPS) is 24.5. The first-order valence-electron chi connectivity index (χ1n) is 39.3. The molecule has 0 radical (unpaired) electrons. The largest absolute Gasteiger partial charge is 0.511 e. The van der Waals surface area contributed by atoms with Gasteiger partial charge in [0.2, 0.25) is 37.8 Å². The van der Waals surface area contributed by atoms with Crippen LogP contribution in [0.4, 0.5) is 32.3 Å².